The average molecular weight is 304 g/mol. The molecule has 0 radical (unpaired) electrons. The summed E-state index contributed by atoms with van der Waals surface area (Å²) in [5.41, 5.74) is 4.56. The van der Waals surface area contributed by atoms with E-state index in [1.54, 1.807) is 0 Å². The first-order valence-corrected chi connectivity index (χ1v) is 8.23. The van der Waals surface area contributed by atoms with Crippen LogP contribution in [0.1, 0.15) is 35.1 Å². The molecule has 0 saturated carbocycles. The fourth-order valence-corrected chi connectivity index (χ4v) is 3.88. The van der Waals surface area contributed by atoms with Crippen LogP contribution in [0.2, 0.25) is 0 Å². The Balaban J connectivity index is 1.47. The summed E-state index contributed by atoms with van der Waals surface area (Å²) < 4.78 is 6.22. The highest BCUT2D eigenvalue weighted by molar-refractivity contribution is 5.38. The van der Waals surface area contributed by atoms with E-state index >= 15 is 0 Å². The van der Waals surface area contributed by atoms with Gasteiger partial charge in [0.15, 0.2) is 0 Å². The van der Waals surface area contributed by atoms with E-state index in [-0.39, 0.29) is 5.60 Å². The highest BCUT2D eigenvalue weighted by Crippen LogP contribution is 2.44. The largest absolute Gasteiger partial charge is 0.365 e. The van der Waals surface area contributed by atoms with Gasteiger partial charge in [-0.3, -0.25) is 4.90 Å². The topological polar surface area (TPSA) is 36.3 Å². The lowest BCUT2D eigenvalue weighted by molar-refractivity contribution is -0.0799. The van der Waals surface area contributed by atoms with Crippen molar-refractivity contribution in [3.8, 4) is 6.07 Å². The molecular weight excluding hydrogens is 284 g/mol. The summed E-state index contributed by atoms with van der Waals surface area (Å²) in [4.78, 5) is 2.44. The number of fused-ring (bicyclic) bond motifs is 2. The number of hydrogen-bond donors (Lipinski definition) is 0. The summed E-state index contributed by atoms with van der Waals surface area (Å²) >= 11 is 0. The van der Waals surface area contributed by atoms with Crippen LogP contribution in [0.5, 0.6) is 0 Å². The monoisotopic (exact) mass is 304 g/mol. The summed E-state index contributed by atoms with van der Waals surface area (Å²) in [7, 11) is 0. The molecule has 116 valence electrons. The number of ether oxygens (including phenoxy) is 1. The zero-order valence-corrected chi connectivity index (χ0v) is 13.2. The summed E-state index contributed by atoms with van der Waals surface area (Å²) in [5.74, 6) is 0. The van der Waals surface area contributed by atoms with E-state index in [4.69, 9.17) is 4.74 Å². The molecule has 0 aliphatic carbocycles. The van der Waals surface area contributed by atoms with E-state index in [1.807, 2.05) is 18.2 Å². The molecule has 1 saturated heterocycles. The van der Waals surface area contributed by atoms with E-state index in [9.17, 15) is 5.26 Å². The Bertz CT molecular complexity index is 754. The lowest BCUT2D eigenvalue weighted by Crippen LogP contribution is -2.42. The third-order valence-electron chi connectivity index (χ3n) is 5.21. The molecule has 2 aliphatic heterocycles. The van der Waals surface area contributed by atoms with Crippen LogP contribution in [-0.2, 0) is 23.5 Å². The minimum absolute atomic E-state index is 0.0815. The van der Waals surface area contributed by atoms with Crippen molar-refractivity contribution in [2.24, 2.45) is 0 Å². The van der Waals surface area contributed by atoms with Crippen LogP contribution < -0.4 is 0 Å². The summed E-state index contributed by atoms with van der Waals surface area (Å²) in [6.45, 7) is 3.61. The molecule has 3 heteroatoms. The Labute approximate surface area is 137 Å². The first-order chi connectivity index (χ1) is 11.3. The van der Waals surface area contributed by atoms with Gasteiger partial charge in [0.25, 0.3) is 0 Å². The molecule has 2 aliphatic rings. The second-order valence-electron chi connectivity index (χ2n) is 6.49. The highest BCUT2D eigenvalue weighted by atomic mass is 16.5. The number of nitriles is 1. The lowest BCUT2D eigenvalue weighted by atomic mass is 9.83. The zero-order valence-electron chi connectivity index (χ0n) is 13.2. The van der Waals surface area contributed by atoms with Gasteiger partial charge in [-0.2, -0.15) is 5.26 Å². The SMILES string of the molecule is N#Cc1ccccc1CN1CCC2(CC1)OCc1ccccc12. The van der Waals surface area contributed by atoms with Gasteiger partial charge in [-0.1, -0.05) is 42.5 Å². The quantitative estimate of drug-likeness (QED) is 0.851. The van der Waals surface area contributed by atoms with Gasteiger partial charge in [0, 0.05) is 19.6 Å². The van der Waals surface area contributed by atoms with Gasteiger partial charge in [-0.05, 0) is 35.6 Å². The minimum atomic E-state index is -0.0815. The highest BCUT2D eigenvalue weighted by Gasteiger charge is 2.42. The Morgan fingerprint density at radius 3 is 2.61 bits per heavy atom. The van der Waals surface area contributed by atoms with Crippen LogP contribution >= 0.6 is 0 Å². The smallest absolute Gasteiger partial charge is 0.0995 e. The summed E-state index contributed by atoms with van der Waals surface area (Å²) in [5, 5.41) is 9.24. The predicted octanol–water partition coefficient (Wildman–Crippen LogP) is 3.58. The standard InChI is InChI=1S/C20H20N2O/c21-13-16-5-1-2-6-17(16)14-22-11-9-20(10-12-22)19-8-4-3-7-18(19)15-23-20/h1-8H,9-12,14-15H2. The molecule has 0 bridgehead atoms. The number of hydrogen-bond acceptors (Lipinski definition) is 3. The van der Waals surface area contributed by atoms with Crippen LogP contribution in [-0.4, -0.2) is 18.0 Å². The Hall–Kier alpha value is -2.15. The van der Waals surface area contributed by atoms with E-state index in [0.29, 0.717) is 0 Å². The Kier molecular flexibility index (Phi) is 3.65. The molecule has 0 amide bonds. The van der Waals surface area contributed by atoms with Crippen molar-refractivity contribution < 1.29 is 4.74 Å². The second-order valence-corrected chi connectivity index (χ2v) is 6.49. The summed E-state index contributed by atoms with van der Waals surface area (Å²) in [6.07, 6.45) is 2.05. The Morgan fingerprint density at radius 1 is 1.04 bits per heavy atom. The number of benzene rings is 2. The molecule has 1 spiro atoms. The van der Waals surface area contributed by atoms with Gasteiger partial charge in [0.1, 0.15) is 0 Å². The predicted molar refractivity (Wildman–Crippen MR) is 88.6 cm³/mol. The van der Waals surface area contributed by atoms with Crippen molar-refractivity contribution in [2.45, 2.75) is 31.6 Å². The molecule has 3 nitrogen and oxygen atoms in total. The van der Waals surface area contributed by atoms with Gasteiger partial charge < -0.3 is 4.74 Å². The molecule has 23 heavy (non-hydrogen) atoms. The lowest BCUT2D eigenvalue weighted by Gasteiger charge is -2.39. The van der Waals surface area contributed by atoms with E-state index < -0.39 is 0 Å². The van der Waals surface area contributed by atoms with Gasteiger partial charge in [0.2, 0.25) is 0 Å². The number of rotatable bonds is 2. The second kappa shape index (κ2) is 5.81. The number of likely N-dealkylation sites (tertiary alicyclic amines) is 1. The number of nitrogens with zero attached hydrogens (tertiary/aromatic N) is 2. The third-order valence-corrected chi connectivity index (χ3v) is 5.21. The zero-order chi connectivity index (χ0) is 15.7. The normalized spacial score (nSPS) is 19.4. The maximum atomic E-state index is 9.24. The Morgan fingerprint density at radius 2 is 1.78 bits per heavy atom. The van der Waals surface area contributed by atoms with Gasteiger partial charge in [-0.15, -0.1) is 0 Å². The number of piperidine rings is 1. The summed E-state index contributed by atoms with van der Waals surface area (Å²) in [6, 6.07) is 18.8. The van der Waals surface area contributed by atoms with Crippen LogP contribution in [0.15, 0.2) is 48.5 Å². The molecule has 0 unspecified atom stereocenters. The minimum Gasteiger partial charge on any atom is -0.365 e. The van der Waals surface area contributed by atoms with Crippen molar-refractivity contribution >= 4 is 0 Å². The molecule has 0 atom stereocenters. The van der Waals surface area contributed by atoms with Crippen molar-refractivity contribution in [1.82, 2.24) is 4.90 Å². The van der Waals surface area contributed by atoms with Crippen LogP contribution in [0.4, 0.5) is 0 Å². The molecule has 1 fully saturated rings. The molecule has 2 heterocycles. The fourth-order valence-electron chi connectivity index (χ4n) is 3.88. The third kappa shape index (κ3) is 2.55. The van der Waals surface area contributed by atoms with Crippen molar-refractivity contribution in [1.29, 1.82) is 5.26 Å². The first-order valence-electron chi connectivity index (χ1n) is 8.23. The maximum Gasteiger partial charge on any atom is 0.0995 e. The first kappa shape index (κ1) is 14.4. The average Bonchev–Trinajstić information content (AvgIpc) is 2.96. The molecular formula is C20H20N2O. The van der Waals surface area contributed by atoms with Gasteiger partial charge in [-0.25, -0.2) is 0 Å². The van der Waals surface area contributed by atoms with E-state index in [1.165, 1.54) is 11.1 Å². The van der Waals surface area contributed by atoms with Crippen LogP contribution in [0, 0.1) is 11.3 Å². The van der Waals surface area contributed by atoms with Gasteiger partial charge >= 0.3 is 0 Å². The van der Waals surface area contributed by atoms with Gasteiger partial charge in [0.05, 0.1) is 23.8 Å². The molecule has 4 rings (SSSR count). The maximum absolute atomic E-state index is 9.24. The van der Waals surface area contributed by atoms with E-state index in [0.717, 1.165) is 50.2 Å². The van der Waals surface area contributed by atoms with Crippen molar-refractivity contribution in [3.05, 3.63) is 70.8 Å². The molecule has 0 N–H and O–H groups in total. The molecule has 2 aromatic carbocycles. The van der Waals surface area contributed by atoms with Crippen molar-refractivity contribution in [3.63, 3.8) is 0 Å². The van der Waals surface area contributed by atoms with Crippen LogP contribution in [0.3, 0.4) is 0 Å². The van der Waals surface area contributed by atoms with Crippen molar-refractivity contribution in [2.75, 3.05) is 13.1 Å². The van der Waals surface area contributed by atoms with E-state index in [2.05, 4.69) is 41.3 Å². The fraction of sp³-hybridized carbons (Fsp3) is 0.350. The van der Waals surface area contributed by atoms with Crippen LogP contribution in [0.25, 0.3) is 0 Å². The molecule has 0 aromatic heterocycles. The molecule has 2 aromatic rings.